The number of carbonyl (C=O) groups excluding carboxylic acids is 1. The summed E-state index contributed by atoms with van der Waals surface area (Å²) in [6.07, 6.45) is -2.80. The monoisotopic (exact) mass is 304 g/mol. The van der Waals surface area contributed by atoms with E-state index in [0.717, 1.165) is 0 Å². The van der Waals surface area contributed by atoms with Crippen molar-refractivity contribution in [1.29, 1.82) is 0 Å². The predicted molar refractivity (Wildman–Crippen MR) is 72.2 cm³/mol. The van der Waals surface area contributed by atoms with Gasteiger partial charge in [0.15, 0.2) is 12.1 Å². The molecule has 2 aliphatic rings. The fourth-order valence-corrected chi connectivity index (χ4v) is 2.56. The largest absolute Gasteiger partial charge is 0.388 e. The van der Waals surface area contributed by atoms with Crippen LogP contribution in [0.5, 0.6) is 0 Å². The summed E-state index contributed by atoms with van der Waals surface area (Å²) in [4.78, 5) is 11.3. The first kappa shape index (κ1) is 16.6. The molecular formula is C13H24N2O6. The smallest absolute Gasteiger partial charge is 0.217 e. The lowest BCUT2D eigenvalue weighted by Crippen LogP contribution is -2.68. The number of nitrogens with two attached hydrogens (primary N) is 1. The normalized spacial score (nSPS) is 38.6. The number of hydrogen-bond donors (Lipinski definition) is 3. The molecule has 2 saturated heterocycles. The Balaban J connectivity index is 2.13. The zero-order chi connectivity index (χ0) is 15.6. The number of aliphatic hydroxyl groups excluding tert-OH is 1. The topological polar surface area (TPSA) is 112 Å². The molecule has 2 rings (SSSR count). The summed E-state index contributed by atoms with van der Waals surface area (Å²) >= 11 is 0. The van der Waals surface area contributed by atoms with E-state index in [4.69, 9.17) is 24.7 Å². The molecule has 0 radical (unpaired) electrons. The molecule has 2 aliphatic heterocycles. The van der Waals surface area contributed by atoms with E-state index < -0.39 is 36.4 Å². The van der Waals surface area contributed by atoms with Crippen molar-refractivity contribution in [1.82, 2.24) is 5.32 Å². The van der Waals surface area contributed by atoms with Crippen LogP contribution in [-0.4, -0.2) is 67.2 Å². The van der Waals surface area contributed by atoms with Crippen molar-refractivity contribution in [3.8, 4) is 0 Å². The van der Waals surface area contributed by atoms with Crippen molar-refractivity contribution < 1.29 is 28.8 Å². The van der Waals surface area contributed by atoms with Crippen molar-refractivity contribution in [3.05, 3.63) is 0 Å². The van der Waals surface area contributed by atoms with Gasteiger partial charge in [-0.15, -0.1) is 0 Å². The fraction of sp³-hybridized carbons (Fsp3) is 0.923. The molecule has 0 saturated carbocycles. The van der Waals surface area contributed by atoms with E-state index in [1.165, 1.54) is 6.92 Å². The SMILES string of the molecule is CC(=O)NC1C(O)[C@@H]2OC(C)(C)OCC2O[C@H]1OCCN. The summed E-state index contributed by atoms with van der Waals surface area (Å²) < 4.78 is 22.5. The minimum atomic E-state index is -0.960. The summed E-state index contributed by atoms with van der Waals surface area (Å²) in [5, 5.41) is 13.2. The molecule has 21 heavy (non-hydrogen) atoms. The molecule has 4 N–H and O–H groups in total. The molecular weight excluding hydrogens is 280 g/mol. The highest BCUT2D eigenvalue weighted by Gasteiger charge is 2.51. The van der Waals surface area contributed by atoms with Crippen LogP contribution in [0.15, 0.2) is 0 Å². The third-order valence-electron chi connectivity index (χ3n) is 3.46. The number of rotatable bonds is 4. The van der Waals surface area contributed by atoms with E-state index in [1.54, 1.807) is 13.8 Å². The molecule has 0 aliphatic carbocycles. The van der Waals surface area contributed by atoms with Crippen LogP contribution >= 0.6 is 0 Å². The van der Waals surface area contributed by atoms with E-state index in [1.807, 2.05) is 0 Å². The predicted octanol–water partition coefficient (Wildman–Crippen LogP) is -1.30. The van der Waals surface area contributed by atoms with Crippen LogP contribution in [0.1, 0.15) is 20.8 Å². The lowest BCUT2D eigenvalue weighted by Gasteiger charge is -2.49. The zero-order valence-corrected chi connectivity index (χ0v) is 12.6. The maximum Gasteiger partial charge on any atom is 0.217 e. The number of hydrogen-bond acceptors (Lipinski definition) is 7. The Kier molecular flexibility index (Phi) is 5.18. The molecule has 122 valence electrons. The Morgan fingerprint density at radius 3 is 2.86 bits per heavy atom. The Hall–Kier alpha value is -0.770. The van der Waals surface area contributed by atoms with Crippen LogP contribution in [0.3, 0.4) is 0 Å². The minimum Gasteiger partial charge on any atom is -0.388 e. The second-order valence-corrected chi connectivity index (χ2v) is 5.71. The summed E-state index contributed by atoms with van der Waals surface area (Å²) in [5.41, 5.74) is 5.41. The van der Waals surface area contributed by atoms with Gasteiger partial charge in [0.25, 0.3) is 0 Å². The van der Waals surface area contributed by atoms with E-state index in [9.17, 15) is 9.90 Å². The van der Waals surface area contributed by atoms with Crippen molar-refractivity contribution in [2.75, 3.05) is 19.8 Å². The van der Waals surface area contributed by atoms with Gasteiger partial charge in [-0.1, -0.05) is 0 Å². The quantitative estimate of drug-likeness (QED) is 0.592. The summed E-state index contributed by atoms with van der Waals surface area (Å²) in [6, 6.07) is -0.718. The van der Waals surface area contributed by atoms with Gasteiger partial charge in [-0.2, -0.15) is 0 Å². The highest BCUT2D eigenvalue weighted by atomic mass is 16.8. The Bertz CT molecular complexity index is 378. The van der Waals surface area contributed by atoms with E-state index in [-0.39, 0.29) is 19.1 Å². The number of amides is 1. The van der Waals surface area contributed by atoms with Gasteiger partial charge in [-0.05, 0) is 13.8 Å². The van der Waals surface area contributed by atoms with Crippen molar-refractivity contribution in [3.63, 3.8) is 0 Å². The van der Waals surface area contributed by atoms with Gasteiger partial charge in [0, 0.05) is 13.5 Å². The van der Waals surface area contributed by atoms with Crippen LogP contribution in [0, 0.1) is 0 Å². The van der Waals surface area contributed by atoms with Crippen molar-refractivity contribution in [2.45, 2.75) is 57.2 Å². The zero-order valence-electron chi connectivity index (χ0n) is 12.6. The van der Waals surface area contributed by atoms with Crippen LogP contribution in [0.2, 0.25) is 0 Å². The van der Waals surface area contributed by atoms with Crippen molar-refractivity contribution in [2.24, 2.45) is 5.73 Å². The summed E-state index contributed by atoms with van der Waals surface area (Å²) in [7, 11) is 0. The number of ether oxygens (including phenoxy) is 4. The van der Waals surface area contributed by atoms with E-state index in [0.29, 0.717) is 6.54 Å². The van der Waals surface area contributed by atoms with Gasteiger partial charge in [0.2, 0.25) is 5.91 Å². The van der Waals surface area contributed by atoms with Gasteiger partial charge in [0.1, 0.15) is 24.4 Å². The van der Waals surface area contributed by atoms with Crippen LogP contribution in [-0.2, 0) is 23.7 Å². The van der Waals surface area contributed by atoms with Crippen LogP contribution in [0.4, 0.5) is 0 Å². The Labute approximate surface area is 123 Å². The first-order valence-electron chi connectivity index (χ1n) is 7.08. The maximum absolute atomic E-state index is 11.3. The van der Waals surface area contributed by atoms with Crippen molar-refractivity contribution >= 4 is 5.91 Å². The van der Waals surface area contributed by atoms with E-state index >= 15 is 0 Å². The van der Waals surface area contributed by atoms with Crippen LogP contribution in [0.25, 0.3) is 0 Å². The fourth-order valence-electron chi connectivity index (χ4n) is 2.56. The third-order valence-corrected chi connectivity index (χ3v) is 3.46. The lowest BCUT2D eigenvalue weighted by atomic mass is 9.95. The lowest BCUT2D eigenvalue weighted by molar-refractivity contribution is -0.368. The molecule has 2 fully saturated rings. The van der Waals surface area contributed by atoms with Gasteiger partial charge in [-0.3, -0.25) is 4.79 Å². The van der Waals surface area contributed by atoms with Gasteiger partial charge in [0.05, 0.1) is 13.2 Å². The first-order valence-corrected chi connectivity index (χ1v) is 7.08. The number of fused-ring (bicyclic) bond motifs is 1. The second-order valence-electron chi connectivity index (χ2n) is 5.71. The molecule has 0 spiro atoms. The van der Waals surface area contributed by atoms with Gasteiger partial charge < -0.3 is 35.1 Å². The molecule has 0 bridgehead atoms. The highest BCUT2D eigenvalue weighted by Crippen LogP contribution is 2.32. The third kappa shape index (κ3) is 3.91. The van der Waals surface area contributed by atoms with E-state index in [2.05, 4.69) is 5.32 Å². The molecule has 3 unspecified atom stereocenters. The second kappa shape index (κ2) is 6.55. The Morgan fingerprint density at radius 2 is 2.24 bits per heavy atom. The number of nitrogens with one attached hydrogen (secondary N) is 1. The first-order chi connectivity index (χ1) is 9.84. The molecule has 0 aromatic rings. The molecule has 0 aromatic carbocycles. The molecule has 0 aromatic heterocycles. The van der Waals surface area contributed by atoms with Gasteiger partial charge in [-0.25, -0.2) is 0 Å². The molecule has 8 nitrogen and oxygen atoms in total. The van der Waals surface area contributed by atoms with Crippen LogP contribution < -0.4 is 11.1 Å². The maximum atomic E-state index is 11.3. The molecule has 1 amide bonds. The average Bonchev–Trinajstić information content (AvgIpc) is 2.40. The number of aliphatic hydroxyl groups is 1. The number of carbonyl (C=O) groups is 1. The average molecular weight is 304 g/mol. The molecule has 2 heterocycles. The van der Waals surface area contributed by atoms with Gasteiger partial charge >= 0.3 is 0 Å². The standard InChI is InChI=1S/C13H24N2O6/c1-7(16)15-9-10(17)11-8(6-19-13(2,3)21-11)20-12(9)18-5-4-14/h8-12,17H,4-6,14H2,1-3H3,(H,15,16)/t8?,9?,10?,11-,12-/m1/s1. The molecule has 5 atom stereocenters. The minimum absolute atomic E-state index is 0.262. The summed E-state index contributed by atoms with van der Waals surface area (Å²) in [5.74, 6) is -1.09. The molecule has 8 heteroatoms. The summed E-state index contributed by atoms with van der Waals surface area (Å²) in [6.45, 7) is 5.76. The highest BCUT2D eigenvalue weighted by molar-refractivity contribution is 5.73. The Morgan fingerprint density at radius 1 is 1.52 bits per heavy atom.